The Labute approximate surface area is 135 Å². The number of aromatic nitrogens is 1. The molecule has 2 heterocycles. The van der Waals surface area contributed by atoms with Crippen molar-refractivity contribution in [1.82, 2.24) is 9.88 Å². The molecule has 0 bridgehead atoms. The molecule has 1 amide bonds. The molecule has 1 aromatic carbocycles. The normalized spacial score (nSPS) is 18.1. The van der Waals surface area contributed by atoms with Crippen molar-refractivity contribution < 1.29 is 13.9 Å². The van der Waals surface area contributed by atoms with Crippen LogP contribution in [0.4, 0.5) is 4.39 Å². The lowest BCUT2D eigenvalue weighted by molar-refractivity contribution is -0.128. The van der Waals surface area contributed by atoms with E-state index in [2.05, 4.69) is 4.98 Å². The fraction of sp³-hybridized carbons (Fsp3) is 0.444. The highest BCUT2D eigenvalue weighted by atomic mass is 19.1. The summed E-state index contributed by atoms with van der Waals surface area (Å²) < 4.78 is 18.4. The third-order valence-electron chi connectivity index (χ3n) is 4.39. The van der Waals surface area contributed by atoms with Gasteiger partial charge in [-0.2, -0.15) is 0 Å². The van der Waals surface area contributed by atoms with Crippen LogP contribution < -0.4 is 0 Å². The van der Waals surface area contributed by atoms with Crippen molar-refractivity contribution >= 4 is 16.8 Å². The van der Waals surface area contributed by atoms with Gasteiger partial charge in [-0.05, 0) is 49.1 Å². The first-order chi connectivity index (χ1) is 11.1. The van der Waals surface area contributed by atoms with E-state index in [1.165, 1.54) is 12.1 Å². The van der Waals surface area contributed by atoms with Crippen LogP contribution in [0.3, 0.4) is 0 Å². The molecule has 0 saturated carbocycles. The number of ether oxygens (including phenoxy) is 1. The number of hydrogen-bond donors (Lipinski definition) is 0. The molecule has 1 saturated heterocycles. The molecular weight excluding hydrogens is 295 g/mol. The Morgan fingerprint density at radius 1 is 1.39 bits per heavy atom. The fourth-order valence-electron chi connectivity index (χ4n) is 3.24. The van der Waals surface area contributed by atoms with Crippen molar-refractivity contribution in [2.24, 2.45) is 5.92 Å². The third-order valence-corrected chi connectivity index (χ3v) is 4.39. The van der Waals surface area contributed by atoms with Gasteiger partial charge in [0.25, 0.3) is 0 Å². The molecule has 122 valence electrons. The smallest absolute Gasteiger partial charge is 0.223 e. The first-order valence-electron chi connectivity index (χ1n) is 7.89. The summed E-state index contributed by atoms with van der Waals surface area (Å²) >= 11 is 0. The molecule has 23 heavy (non-hydrogen) atoms. The molecule has 1 atom stereocenters. The largest absolute Gasteiger partial charge is 0.383 e. The quantitative estimate of drug-likeness (QED) is 0.852. The van der Waals surface area contributed by atoms with E-state index in [1.807, 2.05) is 17.9 Å². The average Bonchev–Trinajstić information content (AvgIpc) is 2.85. The Kier molecular flexibility index (Phi) is 4.57. The van der Waals surface area contributed by atoms with E-state index < -0.39 is 0 Å². The Morgan fingerprint density at radius 3 is 3.00 bits per heavy atom. The van der Waals surface area contributed by atoms with Crippen LogP contribution in [0, 0.1) is 18.7 Å². The van der Waals surface area contributed by atoms with Crippen LogP contribution in [0.5, 0.6) is 0 Å². The van der Waals surface area contributed by atoms with Crippen molar-refractivity contribution in [3.05, 3.63) is 41.3 Å². The average molecular weight is 316 g/mol. The second kappa shape index (κ2) is 6.62. The van der Waals surface area contributed by atoms with E-state index in [0.717, 1.165) is 35.1 Å². The SMILES string of the molecule is COCCN1C[C@H](Cc2cc(C)c3cc(F)ccc3n2)CC1=O. The zero-order chi connectivity index (χ0) is 16.4. The summed E-state index contributed by atoms with van der Waals surface area (Å²) in [6.07, 6.45) is 1.33. The lowest BCUT2D eigenvalue weighted by Crippen LogP contribution is -2.29. The summed E-state index contributed by atoms with van der Waals surface area (Å²) in [5.74, 6) is 0.223. The maximum absolute atomic E-state index is 13.4. The molecule has 1 aromatic heterocycles. The number of methoxy groups -OCH3 is 1. The molecule has 1 aliphatic rings. The molecule has 4 nitrogen and oxygen atoms in total. The van der Waals surface area contributed by atoms with Crippen LogP contribution in [-0.4, -0.2) is 42.6 Å². The van der Waals surface area contributed by atoms with Crippen LogP contribution in [0.15, 0.2) is 24.3 Å². The minimum Gasteiger partial charge on any atom is -0.383 e. The fourth-order valence-corrected chi connectivity index (χ4v) is 3.24. The predicted molar refractivity (Wildman–Crippen MR) is 86.7 cm³/mol. The number of likely N-dealkylation sites (tertiary alicyclic amines) is 1. The summed E-state index contributed by atoms with van der Waals surface area (Å²) in [4.78, 5) is 18.5. The zero-order valence-electron chi connectivity index (χ0n) is 13.5. The van der Waals surface area contributed by atoms with E-state index in [1.54, 1.807) is 13.2 Å². The molecule has 3 rings (SSSR count). The van der Waals surface area contributed by atoms with Crippen molar-refractivity contribution in [2.75, 3.05) is 26.8 Å². The molecule has 5 heteroatoms. The van der Waals surface area contributed by atoms with Gasteiger partial charge < -0.3 is 9.64 Å². The second-order valence-corrected chi connectivity index (χ2v) is 6.20. The standard InChI is InChI=1S/C18H21FN2O2/c1-12-7-15(20-17-4-3-14(19)10-16(12)17)8-13-9-18(22)21(11-13)5-6-23-2/h3-4,7,10,13H,5-6,8-9,11H2,1-2H3/t13-/m1/s1. The molecule has 0 aliphatic carbocycles. The number of halogens is 1. The topological polar surface area (TPSA) is 42.4 Å². The first kappa shape index (κ1) is 15.9. The molecule has 1 fully saturated rings. The summed E-state index contributed by atoms with van der Waals surface area (Å²) in [6, 6.07) is 6.67. The van der Waals surface area contributed by atoms with Crippen LogP contribution >= 0.6 is 0 Å². The van der Waals surface area contributed by atoms with Gasteiger partial charge in [0.2, 0.25) is 5.91 Å². The number of amides is 1. The summed E-state index contributed by atoms with van der Waals surface area (Å²) in [7, 11) is 1.64. The summed E-state index contributed by atoms with van der Waals surface area (Å²) in [5, 5.41) is 0.845. The highest BCUT2D eigenvalue weighted by Gasteiger charge is 2.29. The number of pyridine rings is 1. The van der Waals surface area contributed by atoms with Gasteiger partial charge in [0, 0.05) is 37.7 Å². The van der Waals surface area contributed by atoms with Crippen molar-refractivity contribution in [1.29, 1.82) is 0 Å². The number of benzene rings is 1. The molecular formula is C18H21FN2O2. The van der Waals surface area contributed by atoms with Gasteiger partial charge in [-0.3, -0.25) is 9.78 Å². The predicted octanol–water partition coefficient (Wildman–Crippen LogP) is 2.72. The lowest BCUT2D eigenvalue weighted by atomic mass is 10.00. The van der Waals surface area contributed by atoms with E-state index in [9.17, 15) is 9.18 Å². The number of carbonyl (C=O) groups is 1. The van der Waals surface area contributed by atoms with E-state index in [0.29, 0.717) is 19.6 Å². The van der Waals surface area contributed by atoms with E-state index in [-0.39, 0.29) is 17.6 Å². The van der Waals surface area contributed by atoms with Crippen molar-refractivity contribution in [3.8, 4) is 0 Å². The lowest BCUT2D eigenvalue weighted by Gasteiger charge is -2.16. The number of nitrogens with zero attached hydrogens (tertiary/aromatic N) is 2. The van der Waals surface area contributed by atoms with Gasteiger partial charge in [0.1, 0.15) is 5.82 Å². The van der Waals surface area contributed by atoms with Gasteiger partial charge >= 0.3 is 0 Å². The van der Waals surface area contributed by atoms with Crippen LogP contribution in [0.2, 0.25) is 0 Å². The Bertz CT molecular complexity index is 732. The maximum Gasteiger partial charge on any atom is 0.223 e. The maximum atomic E-state index is 13.4. The molecule has 0 radical (unpaired) electrons. The van der Waals surface area contributed by atoms with E-state index >= 15 is 0 Å². The van der Waals surface area contributed by atoms with Crippen molar-refractivity contribution in [3.63, 3.8) is 0 Å². The molecule has 2 aromatic rings. The minimum atomic E-state index is -0.245. The van der Waals surface area contributed by atoms with Gasteiger partial charge in [-0.25, -0.2) is 4.39 Å². The number of fused-ring (bicyclic) bond motifs is 1. The number of aryl methyl sites for hydroxylation is 1. The molecule has 0 unspecified atom stereocenters. The van der Waals surface area contributed by atoms with Crippen LogP contribution in [-0.2, 0) is 16.0 Å². The highest BCUT2D eigenvalue weighted by Crippen LogP contribution is 2.24. The Hall–Kier alpha value is -2.01. The van der Waals surface area contributed by atoms with E-state index in [4.69, 9.17) is 4.74 Å². The second-order valence-electron chi connectivity index (χ2n) is 6.20. The molecule has 0 N–H and O–H groups in total. The van der Waals surface area contributed by atoms with Crippen LogP contribution in [0.1, 0.15) is 17.7 Å². The number of hydrogen-bond acceptors (Lipinski definition) is 3. The number of rotatable bonds is 5. The van der Waals surface area contributed by atoms with Gasteiger partial charge in [0.05, 0.1) is 12.1 Å². The summed E-state index contributed by atoms with van der Waals surface area (Å²) in [6.45, 7) is 3.94. The van der Waals surface area contributed by atoms with Crippen molar-refractivity contribution in [2.45, 2.75) is 19.8 Å². The molecule has 0 spiro atoms. The minimum absolute atomic E-state index is 0.187. The number of carbonyl (C=O) groups excluding carboxylic acids is 1. The first-order valence-corrected chi connectivity index (χ1v) is 7.89. The van der Waals surface area contributed by atoms with Crippen LogP contribution in [0.25, 0.3) is 10.9 Å². The highest BCUT2D eigenvalue weighted by molar-refractivity contribution is 5.82. The zero-order valence-corrected chi connectivity index (χ0v) is 13.5. The molecule has 1 aliphatic heterocycles. The Balaban J connectivity index is 1.75. The third kappa shape index (κ3) is 3.50. The summed E-state index contributed by atoms with van der Waals surface area (Å²) in [5.41, 5.74) is 2.79. The van der Waals surface area contributed by atoms with Gasteiger partial charge in [-0.1, -0.05) is 0 Å². The van der Waals surface area contributed by atoms with Gasteiger partial charge in [0.15, 0.2) is 0 Å². The Morgan fingerprint density at radius 2 is 2.22 bits per heavy atom. The monoisotopic (exact) mass is 316 g/mol. The van der Waals surface area contributed by atoms with Gasteiger partial charge in [-0.15, -0.1) is 0 Å².